The Morgan fingerprint density at radius 2 is 2.00 bits per heavy atom. The highest BCUT2D eigenvalue weighted by molar-refractivity contribution is 5.97. The number of likely N-dealkylation sites (tertiary alicyclic amines) is 1. The van der Waals surface area contributed by atoms with Crippen molar-refractivity contribution in [2.24, 2.45) is 11.3 Å². The van der Waals surface area contributed by atoms with E-state index in [-0.39, 0.29) is 30.3 Å². The first-order chi connectivity index (χ1) is 13.1. The number of rotatable bonds is 7. The van der Waals surface area contributed by atoms with Gasteiger partial charge in [0.2, 0.25) is 5.91 Å². The summed E-state index contributed by atoms with van der Waals surface area (Å²) in [4.78, 5) is 37.8. The van der Waals surface area contributed by atoms with Crippen LogP contribution in [-0.4, -0.2) is 54.0 Å². The largest absolute Gasteiger partial charge is 0.481 e. The van der Waals surface area contributed by atoms with Crippen LogP contribution in [0.15, 0.2) is 24.3 Å². The lowest BCUT2D eigenvalue weighted by Gasteiger charge is -2.33. The SMILES string of the molecule is CC(C)(CNC(=O)C1CCCN(C(=O)c2ccccc2OC(F)F)C1)C(=O)O. The standard InChI is InChI=1S/C19H24F2N2O5/c1-19(2,17(26)27)11-22-15(24)12-6-5-9-23(10-12)16(25)13-7-3-4-8-14(13)28-18(20)21/h3-4,7-8,12,18H,5-6,9-11H2,1-2H3,(H,22,24)(H,26,27). The quantitative estimate of drug-likeness (QED) is 0.735. The van der Waals surface area contributed by atoms with Crippen molar-refractivity contribution in [2.45, 2.75) is 33.3 Å². The number of hydrogen-bond acceptors (Lipinski definition) is 4. The lowest BCUT2D eigenvalue weighted by molar-refractivity contribution is -0.147. The molecule has 154 valence electrons. The highest BCUT2D eigenvalue weighted by atomic mass is 19.3. The van der Waals surface area contributed by atoms with Crippen LogP contribution >= 0.6 is 0 Å². The summed E-state index contributed by atoms with van der Waals surface area (Å²) < 4.78 is 29.6. The smallest absolute Gasteiger partial charge is 0.387 e. The summed E-state index contributed by atoms with van der Waals surface area (Å²) in [7, 11) is 0. The Kier molecular flexibility index (Phi) is 6.93. The molecule has 0 aromatic heterocycles. The predicted molar refractivity (Wildman–Crippen MR) is 96.1 cm³/mol. The van der Waals surface area contributed by atoms with E-state index >= 15 is 0 Å². The van der Waals surface area contributed by atoms with Crippen LogP contribution in [-0.2, 0) is 9.59 Å². The summed E-state index contributed by atoms with van der Waals surface area (Å²) in [6, 6.07) is 5.74. The molecule has 1 aromatic rings. The third kappa shape index (κ3) is 5.40. The van der Waals surface area contributed by atoms with Crippen LogP contribution in [0.25, 0.3) is 0 Å². The van der Waals surface area contributed by atoms with Gasteiger partial charge in [-0.3, -0.25) is 14.4 Å². The fourth-order valence-electron chi connectivity index (χ4n) is 2.92. The Bertz CT molecular complexity index is 739. The van der Waals surface area contributed by atoms with Gasteiger partial charge in [-0.05, 0) is 38.8 Å². The number of benzene rings is 1. The van der Waals surface area contributed by atoms with Gasteiger partial charge in [-0.1, -0.05) is 12.1 Å². The van der Waals surface area contributed by atoms with Crippen molar-refractivity contribution in [3.63, 3.8) is 0 Å². The summed E-state index contributed by atoms with van der Waals surface area (Å²) in [5.74, 6) is -2.55. The van der Waals surface area contributed by atoms with Crippen LogP contribution in [0.1, 0.15) is 37.0 Å². The number of carboxylic acid groups (broad SMARTS) is 1. The number of amides is 2. The molecule has 2 rings (SSSR count). The Hall–Kier alpha value is -2.71. The van der Waals surface area contributed by atoms with Crippen molar-refractivity contribution in [2.75, 3.05) is 19.6 Å². The first-order valence-electron chi connectivity index (χ1n) is 8.96. The van der Waals surface area contributed by atoms with Crippen LogP contribution < -0.4 is 10.1 Å². The Balaban J connectivity index is 2.04. The van der Waals surface area contributed by atoms with Crippen molar-refractivity contribution in [1.29, 1.82) is 0 Å². The van der Waals surface area contributed by atoms with E-state index in [2.05, 4.69) is 10.1 Å². The highest BCUT2D eigenvalue weighted by Crippen LogP contribution is 2.25. The van der Waals surface area contributed by atoms with Gasteiger partial charge in [0.05, 0.1) is 16.9 Å². The Morgan fingerprint density at radius 1 is 1.32 bits per heavy atom. The Morgan fingerprint density at radius 3 is 2.64 bits per heavy atom. The van der Waals surface area contributed by atoms with E-state index in [0.717, 1.165) is 0 Å². The number of ether oxygens (including phenoxy) is 1. The molecule has 7 nitrogen and oxygen atoms in total. The molecule has 1 aliphatic rings. The third-order valence-electron chi connectivity index (χ3n) is 4.70. The summed E-state index contributed by atoms with van der Waals surface area (Å²) in [6.45, 7) is 0.453. The number of para-hydroxylation sites is 1. The van der Waals surface area contributed by atoms with Crippen LogP contribution in [0, 0.1) is 11.3 Å². The summed E-state index contributed by atoms with van der Waals surface area (Å²) >= 11 is 0. The normalized spacial score (nSPS) is 17.3. The first kappa shape index (κ1) is 21.6. The van der Waals surface area contributed by atoms with Gasteiger partial charge in [0.15, 0.2) is 0 Å². The van der Waals surface area contributed by atoms with Gasteiger partial charge in [0, 0.05) is 19.6 Å². The number of nitrogens with one attached hydrogen (secondary N) is 1. The van der Waals surface area contributed by atoms with E-state index in [1.165, 1.54) is 36.9 Å². The van der Waals surface area contributed by atoms with E-state index in [4.69, 9.17) is 5.11 Å². The average Bonchev–Trinajstić information content (AvgIpc) is 2.65. The van der Waals surface area contributed by atoms with Gasteiger partial charge in [-0.2, -0.15) is 8.78 Å². The topological polar surface area (TPSA) is 95.9 Å². The fraction of sp³-hybridized carbons (Fsp3) is 0.526. The number of hydrogen-bond donors (Lipinski definition) is 2. The zero-order valence-electron chi connectivity index (χ0n) is 15.8. The molecule has 2 N–H and O–H groups in total. The molecule has 1 fully saturated rings. The van der Waals surface area contributed by atoms with Crippen LogP contribution in [0.4, 0.5) is 8.78 Å². The number of piperidine rings is 1. The number of nitrogens with zero attached hydrogens (tertiary/aromatic N) is 1. The minimum absolute atomic E-state index is 0.0101. The van der Waals surface area contributed by atoms with Gasteiger partial charge in [0.1, 0.15) is 5.75 Å². The zero-order valence-corrected chi connectivity index (χ0v) is 15.8. The van der Waals surface area contributed by atoms with Crippen LogP contribution in [0.5, 0.6) is 5.75 Å². The predicted octanol–water partition coefficient (Wildman–Crippen LogP) is 2.37. The molecule has 1 heterocycles. The summed E-state index contributed by atoms with van der Waals surface area (Å²) in [5.41, 5.74) is -1.10. The molecule has 0 spiro atoms. The second-order valence-electron chi connectivity index (χ2n) is 7.37. The monoisotopic (exact) mass is 398 g/mol. The molecule has 1 aromatic carbocycles. The number of carboxylic acids is 1. The molecule has 1 atom stereocenters. The molecule has 0 saturated carbocycles. The summed E-state index contributed by atoms with van der Waals surface area (Å²) in [5, 5.41) is 11.8. The zero-order chi connectivity index (χ0) is 20.9. The number of carbonyl (C=O) groups is 3. The average molecular weight is 398 g/mol. The molecular formula is C19H24F2N2O5. The second-order valence-corrected chi connectivity index (χ2v) is 7.37. The maximum Gasteiger partial charge on any atom is 0.387 e. The number of carbonyl (C=O) groups excluding carboxylic acids is 2. The molecule has 1 unspecified atom stereocenters. The van der Waals surface area contributed by atoms with Crippen LogP contribution in [0.3, 0.4) is 0 Å². The van der Waals surface area contributed by atoms with E-state index < -0.39 is 29.8 Å². The highest BCUT2D eigenvalue weighted by Gasteiger charge is 2.32. The van der Waals surface area contributed by atoms with E-state index in [9.17, 15) is 23.2 Å². The maximum absolute atomic E-state index is 12.8. The minimum atomic E-state index is -3.05. The van der Waals surface area contributed by atoms with Gasteiger partial charge in [0.25, 0.3) is 5.91 Å². The van der Waals surface area contributed by atoms with Gasteiger partial charge in [-0.25, -0.2) is 0 Å². The molecule has 0 bridgehead atoms. The van der Waals surface area contributed by atoms with Gasteiger partial charge < -0.3 is 20.1 Å². The molecule has 28 heavy (non-hydrogen) atoms. The maximum atomic E-state index is 12.8. The molecular weight excluding hydrogens is 374 g/mol. The van der Waals surface area contributed by atoms with Crippen molar-refractivity contribution < 1.29 is 33.0 Å². The van der Waals surface area contributed by atoms with Crippen molar-refractivity contribution in [3.8, 4) is 5.75 Å². The van der Waals surface area contributed by atoms with Crippen molar-refractivity contribution >= 4 is 17.8 Å². The van der Waals surface area contributed by atoms with Crippen molar-refractivity contribution in [3.05, 3.63) is 29.8 Å². The summed E-state index contributed by atoms with van der Waals surface area (Å²) in [6.07, 6.45) is 1.13. The molecule has 1 saturated heterocycles. The molecule has 2 amide bonds. The minimum Gasteiger partial charge on any atom is -0.481 e. The van der Waals surface area contributed by atoms with Crippen LogP contribution in [0.2, 0.25) is 0 Å². The molecule has 9 heteroatoms. The molecule has 0 radical (unpaired) electrons. The van der Waals surface area contributed by atoms with E-state index in [1.807, 2.05) is 0 Å². The van der Waals surface area contributed by atoms with Gasteiger partial charge >= 0.3 is 12.6 Å². The van der Waals surface area contributed by atoms with E-state index in [0.29, 0.717) is 19.4 Å². The first-order valence-corrected chi connectivity index (χ1v) is 8.96. The molecule has 0 aliphatic carbocycles. The lowest BCUT2D eigenvalue weighted by Crippen LogP contribution is -2.47. The Labute approximate surface area is 161 Å². The second kappa shape index (κ2) is 8.99. The van der Waals surface area contributed by atoms with Crippen molar-refractivity contribution in [1.82, 2.24) is 10.2 Å². The number of halogens is 2. The fourth-order valence-corrected chi connectivity index (χ4v) is 2.92. The number of alkyl halides is 2. The number of aliphatic carboxylic acids is 1. The van der Waals surface area contributed by atoms with E-state index in [1.54, 1.807) is 6.07 Å². The third-order valence-corrected chi connectivity index (χ3v) is 4.70. The molecule has 1 aliphatic heterocycles. The van der Waals surface area contributed by atoms with Gasteiger partial charge in [-0.15, -0.1) is 0 Å². The lowest BCUT2D eigenvalue weighted by atomic mass is 9.92.